The van der Waals surface area contributed by atoms with Gasteiger partial charge in [-0.05, 0) is 36.4 Å². The van der Waals surface area contributed by atoms with Gasteiger partial charge in [0.25, 0.3) is 5.91 Å². The van der Waals surface area contributed by atoms with Gasteiger partial charge >= 0.3 is 5.97 Å². The van der Waals surface area contributed by atoms with E-state index in [2.05, 4.69) is 10.3 Å². The summed E-state index contributed by atoms with van der Waals surface area (Å²) in [6, 6.07) is 19.8. The molecular formula is C20H14Cl2N2O3S. The van der Waals surface area contributed by atoms with Crippen molar-refractivity contribution in [1.82, 2.24) is 4.98 Å². The van der Waals surface area contributed by atoms with Crippen molar-refractivity contribution >= 4 is 52.5 Å². The fourth-order valence-corrected chi connectivity index (χ4v) is 3.64. The summed E-state index contributed by atoms with van der Waals surface area (Å²) in [6.07, 6.45) is 0. The summed E-state index contributed by atoms with van der Waals surface area (Å²) in [5.41, 5.74) is 0.755. The van der Waals surface area contributed by atoms with E-state index in [1.807, 2.05) is 48.5 Å². The molecule has 0 aliphatic carbocycles. The molecule has 3 rings (SSSR count). The zero-order valence-electron chi connectivity index (χ0n) is 14.4. The highest BCUT2D eigenvalue weighted by molar-refractivity contribution is 7.99. The van der Waals surface area contributed by atoms with E-state index in [1.165, 1.54) is 23.9 Å². The number of esters is 1. The number of anilines is 1. The molecule has 0 saturated carbocycles. The Morgan fingerprint density at radius 2 is 1.61 bits per heavy atom. The van der Waals surface area contributed by atoms with Crippen molar-refractivity contribution < 1.29 is 14.3 Å². The first kappa shape index (κ1) is 20.2. The number of benzene rings is 2. The Morgan fingerprint density at radius 1 is 0.964 bits per heavy atom. The largest absolute Gasteiger partial charge is 0.452 e. The number of nitrogens with one attached hydrogen (secondary N) is 1. The Bertz CT molecular complexity index is 980. The van der Waals surface area contributed by atoms with E-state index in [-0.39, 0.29) is 15.9 Å². The lowest BCUT2D eigenvalue weighted by molar-refractivity contribution is -0.119. The Labute approximate surface area is 176 Å². The third-order valence-corrected chi connectivity index (χ3v) is 4.94. The van der Waals surface area contributed by atoms with Gasteiger partial charge in [0, 0.05) is 9.79 Å². The molecule has 1 amide bonds. The van der Waals surface area contributed by atoms with E-state index in [9.17, 15) is 9.59 Å². The number of halogens is 2. The van der Waals surface area contributed by atoms with Crippen molar-refractivity contribution in [2.45, 2.75) is 9.79 Å². The van der Waals surface area contributed by atoms with Crippen molar-refractivity contribution in [3.8, 4) is 0 Å². The summed E-state index contributed by atoms with van der Waals surface area (Å²) in [5, 5.41) is 2.89. The van der Waals surface area contributed by atoms with E-state index >= 15 is 0 Å². The summed E-state index contributed by atoms with van der Waals surface area (Å²) in [7, 11) is 0. The second kappa shape index (κ2) is 9.59. The van der Waals surface area contributed by atoms with Crippen LogP contribution in [0.2, 0.25) is 10.3 Å². The summed E-state index contributed by atoms with van der Waals surface area (Å²) < 4.78 is 5.03. The number of carbonyl (C=O) groups is 2. The standard InChI is InChI=1S/C20H14Cl2N2O3S/c21-17-10-13(11-18(22)24-17)20(26)27-12-19(25)23-15-8-4-5-9-16(15)28-14-6-2-1-3-7-14/h1-11H,12H2,(H,23,25). The molecular weight excluding hydrogens is 419 g/mol. The predicted molar refractivity (Wildman–Crippen MR) is 110 cm³/mol. The SMILES string of the molecule is O=C(COC(=O)c1cc(Cl)nc(Cl)c1)Nc1ccccc1Sc1ccccc1. The zero-order valence-corrected chi connectivity index (χ0v) is 16.7. The Morgan fingerprint density at radius 3 is 2.32 bits per heavy atom. The maximum atomic E-state index is 12.2. The van der Waals surface area contributed by atoms with Crippen LogP contribution in [0.15, 0.2) is 76.5 Å². The highest BCUT2D eigenvalue weighted by Crippen LogP contribution is 2.33. The van der Waals surface area contributed by atoms with E-state index in [4.69, 9.17) is 27.9 Å². The molecule has 2 aromatic carbocycles. The zero-order chi connectivity index (χ0) is 19.9. The molecule has 0 atom stereocenters. The van der Waals surface area contributed by atoms with Crippen LogP contribution >= 0.6 is 35.0 Å². The van der Waals surface area contributed by atoms with Gasteiger partial charge in [0.05, 0.1) is 11.3 Å². The molecule has 1 aromatic heterocycles. The van der Waals surface area contributed by atoms with Crippen LogP contribution in [-0.4, -0.2) is 23.5 Å². The van der Waals surface area contributed by atoms with Gasteiger partial charge in [-0.1, -0.05) is 65.3 Å². The lowest BCUT2D eigenvalue weighted by Crippen LogP contribution is -2.21. The average Bonchev–Trinajstić information content (AvgIpc) is 2.68. The maximum absolute atomic E-state index is 12.2. The van der Waals surface area contributed by atoms with Crippen molar-refractivity contribution in [1.29, 1.82) is 0 Å². The number of nitrogens with zero attached hydrogens (tertiary/aromatic N) is 1. The minimum atomic E-state index is -0.715. The van der Waals surface area contributed by atoms with E-state index in [0.29, 0.717) is 5.69 Å². The molecule has 0 aliphatic heterocycles. The van der Waals surface area contributed by atoms with Gasteiger partial charge in [0.15, 0.2) is 6.61 Å². The third-order valence-electron chi connectivity index (χ3n) is 3.47. The summed E-state index contributed by atoms with van der Waals surface area (Å²) in [5.74, 6) is -1.17. The van der Waals surface area contributed by atoms with Crippen molar-refractivity contribution in [2.75, 3.05) is 11.9 Å². The number of hydrogen-bond acceptors (Lipinski definition) is 5. The van der Waals surface area contributed by atoms with Crippen molar-refractivity contribution in [3.63, 3.8) is 0 Å². The van der Waals surface area contributed by atoms with Gasteiger partial charge in [0.2, 0.25) is 0 Å². The molecule has 0 radical (unpaired) electrons. The van der Waals surface area contributed by atoms with Crippen LogP contribution in [0.4, 0.5) is 5.69 Å². The minimum Gasteiger partial charge on any atom is -0.452 e. The van der Waals surface area contributed by atoms with E-state index in [1.54, 1.807) is 6.07 Å². The fourth-order valence-electron chi connectivity index (χ4n) is 2.26. The maximum Gasteiger partial charge on any atom is 0.338 e. The number of amides is 1. The van der Waals surface area contributed by atoms with Crippen LogP contribution < -0.4 is 5.32 Å². The van der Waals surface area contributed by atoms with Gasteiger partial charge in [-0.2, -0.15) is 0 Å². The number of pyridine rings is 1. The summed E-state index contributed by atoms with van der Waals surface area (Å²) in [6.45, 7) is -0.444. The quantitative estimate of drug-likeness (QED) is 0.420. The smallest absolute Gasteiger partial charge is 0.338 e. The molecule has 28 heavy (non-hydrogen) atoms. The first-order valence-electron chi connectivity index (χ1n) is 8.13. The lowest BCUT2D eigenvalue weighted by Gasteiger charge is -2.11. The Hall–Kier alpha value is -2.54. The first-order valence-corrected chi connectivity index (χ1v) is 9.70. The first-order chi connectivity index (χ1) is 13.5. The molecule has 0 fully saturated rings. The van der Waals surface area contributed by atoms with Gasteiger partial charge in [-0.25, -0.2) is 9.78 Å². The third kappa shape index (κ3) is 5.73. The minimum absolute atomic E-state index is 0.0655. The van der Waals surface area contributed by atoms with Gasteiger partial charge in [0.1, 0.15) is 10.3 Å². The molecule has 1 heterocycles. The predicted octanol–water partition coefficient (Wildman–Crippen LogP) is 5.34. The highest BCUT2D eigenvalue weighted by atomic mass is 35.5. The molecule has 0 unspecified atom stereocenters. The molecule has 0 aliphatic rings. The highest BCUT2D eigenvalue weighted by Gasteiger charge is 2.14. The normalized spacial score (nSPS) is 10.4. The average molecular weight is 433 g/mol. The van der Waals surface area contributed by atoms with Crippen LogP contribution in [0.25, 0.3) is 0 Å². The van der Waals surface area contributed by atoms with Crippen LogP contribution in [0, 0.1) is 0 Å². The molecule has 8 heteroatoms. The number of para-hydroxylation sites is 1. The van der Waals surface area contributed by atoms with Crippen LogP contribution in [0.5, 0.6) is 0 Å². The Balaban J connectivity index is 1.61. The molecule has 0 saturated heterocycles. The molecule has 142 valence electrons. The second-order valence-corrected chi connectivity index (χ2v) is 7.43. The molecule has 1 N–H and O–H groups in total. The number of hydrogen-bond donors (Lipinski definition) is 1. The molecule has 0 spiro atoms. The monoisotopic (exact) mass is 432 g/mol. The molecule has 5 nitrogen and oxygen atoms in total. The lowest BCUT2D eigenvalue weighted by atomic mass is 10.3. The Kier molecular flexibility index (Phi) is 6.92. The van der Waals surface area contributed by atoms with Crippen molar-refractivity contribution in [2.24, 2.45) is 0 Å². The topological polar surface area (TPSA) is 68.3 Å². The van der Waals surface area contributed by atoms with Gasteiger partial charge in [-0.3, -0.25) is 4.79 Å². The number of aromatic nitrogens is 1. The van der Waals surface area contributed by atoms with Gasteiger partial charge < -0.3 is 10.1 Å². The number of ether oxygens (including phenoxy) is 1. The number of carbonyl (C=O) groups excluding carboxylic acids is 2. The van der Waals surface area contributed by atoms with E-state index < -0.39 is 18.5 Å². The molecule has 3 aromatic rings. The van der Waals surface area contributed by atoms with Crippen LogP contribution in [0.1, 0.15) is 10.4 Å². The second-order valence-electron chi connectivity index (χ2n) is 5.54. The van der Waals surface area contributed by atoms with Crippen LogP contribution in [0.3, 0.4) is 0 Å². The summed E-state index contributed by atoms with van der Waals surface area (Å²) >= 11 is 13.0. The van der Waals surface area contributed by atoms with Gasteiger partial charge in [-0.15, -0.1) is 0 Å². The molecule has 0 bridgehead atoms. The van der Waals surface area contributed by atoms with Crippen molar-refractivity contribution in [3.05, 3.63) is 82.6 Å². The van der Waals surface area contributed by atoms with E-state index in [0.717, 1.165) is 9.79 Å². The number of rotatable bonds is 6. The van der Waals surface area contributed by atoms with Crippen LogP contribution in [-0.2, 0) is 9.53 Å². The fraction of sp³-hybridized carbons (Fsp3) is 0.0500. The summed E-state index contributed by atoms with van der Waals surface area (Å²) in [4.78, 5) is 30.0.